The highest BCUT2D eigenvalue weighted by atomic mass is 32.2. The molecule has 0 spiro atoms. The molecule has 1 aliphatic rings. The van der Waals surface area contributed by atoms with Gasteiger partial charge in [0.1, 0.15) is 18.3 Å². The number of amides is 1. The van der Waals surface area contributed by atoms with Crippen LogP contribution in [0.1, 0.15) is 11.8 Å². The number of aromatic nitrogens is 2. The molecule has 0 unspecified atom stereocenters. The molecule has 8 nitrogen and oxygen atoms in total. The summed E-state index contributed by atoms with van der Waals surface area (Å²) >= 11 is 1.31. The van der Waals surface area contributed by atoms with Gasteiger partial charge < -0.3 is 14.6 Å². The number of carbonyl (C=O) groups is 1. The Bertz CT molecular complexity index is 832. The molecule has 2 aromatic rings. The van der Waals surface area contributed by atoms with E-state index in [-0.39, 0.29) is 13.2 Å². The molecular weight excluding hydrogens is 365 g/mol. The first kappa shape index (κ1) is 18.4. The lowest BCUT2D eigenvalue weighted by Crippen LogP contribution is -2.30. The normalized spacial score (nSPS) is 19.3. The lowest BCUT2D eigenvalue weighted by molar-refractivity contribution is -0.00677. The molecule has 1 aliphatic heterocycles. The Labute approximate surface area is 152 Å². The highest BCUT2D eigenvalue weighted by Gasteiger charge is 2.28. The number of aliphatic hydroxyl groups excluding tert-OH is 1. The Morgan fingerprint density at radius 1 is 1.46 bits per heavy atom. The fourth-order valence-corrected chi connectivity index (χ4v) is 3.21. The van der Waals surface area contributed by atoms with Crippen LogP contribution in [0, 0.1) is 5.82 Å². The molecular formula is C16H16FN3O5S. The van der Waals surface area contributed by atoms with E-state index in [9.17, 15) is 14.0 Å². The topological polar surface area (TPSA) is 103 Å². The van der Waals surface area contributed by atoms with E-state index in [1.165, 1.54) is 11.8 Å². The number of ether oxygens (including phenoxy) is 2. The third-order valence-corrected chi connectivity index (χ3v) is 4.64. The predicted molar refractivity (Wildman–Crippen MR) is 92.2 cm³/mol. The summed E-state index contributed by atoms with van der Waals surface area (Å²) in [6.45, 7) is -0.209. The van der Waals surface area contributed by atoms with Gasteiger partial charge in [0, 0.05) is 5.75 Å². The number of benzene rings is 1. The van der Waals surface area contributed by atoms with Crippen molar-refractivity contribution in [3.63, 3.8) is 0 Å². The molecule has 3 rings (SSSR count). The highest BCUT2D eigenvalue weighted by molar-refractivity contribution is 8.00. The van der Waals surface area contributed by atoms with E-state index in [1.807, 2.05) is 6.07 Å². The summed E-state index contributed by atoms with van der Waals surface area (Å²) in [6, 6.07) is 8.96. The first-order chi connectivity index (χ1) is 12.6. The van der Waals surface area contributed by atoms with Crippen LogP contribution in [0.25, 0.3) is 0 Å². The van der Waals surface area contributed by atoms with Gasteiger partial charge in [-0.2, -0.15) is 4.98 Å². The van der Waals surface area contributed by atoms with Crippen LogP contribution < -0.4 is 11.0 Å². The minimum Gasteiger partial charge on any atom is -0.444 e. The van der Waals surface area contributed by atoms with Gasteiger partial charge in [0.05, 0.1) is 12.8 Å². The number of thioether (sulfide) groups is 1. The Morgan fingerprint density at radius 2 is 2.23 bits per heavy atom. The van der Waals surface area contributed by atoms with Gasteiger partial charge in [-0.15, -0.1) is 11.8 Å². The van der Waals surface area contributed by atoms with Crippen molar-refractivity contribution < 1.29 is 23.8 Å². The Hall–Kier alpha value is -2.43. The molecule has 1 aromatic heterocycles. The largest absolute Gasteiger partial charge is 0.444 e. The van der Waals surface area contributed by atoms with Crippen molar-refractivity contribution in [2.75, 3.05) is 17.7 Å². The second kappa shape index (κ2) is 8.30. The average Bonchev–Trinajstić information content (AvgIpc) is 3.12. The number of aliphatic hydroxyl groups is 1. The smallest absolute Gasteiger partial charge is 0.413 e. The van der Waals surface area contributed by atoms with Gasteiger partial charge in [-0.1, -0.05) is 30.3 Å². The van der Waals surface area contributed by atoms with E-state index < -0.39 is 35.1 Å². The maximum absolute atomic E-state index is 14.2. The standard InChI is InChI=1S/C16H16FN3O5S/c17-11-6-20(12-9-26-13(7-21)25-12)15(22)18-14(11)19-16(23)24-8-10-4-2-1-3-5-10/h1-6,12-13,21H,7-9H2,(H,18,19,22,23)/t12-,13+/m0/s1. The molecule has 2 heterocycles. The van der Waals surface area contributed by atoms with Gasteiger partial charge in [-0.25, -0.2) is 14.0 Å². The van der Waals surface area contributed by atoms with E-state index in [2.05, 4.69) is 10.3 Å². The Kier molecular flexibility index (Phi) is 5.86. The van der Waals surface area contributed by atoms with Crippen molar-refractivity contribution in [2.24, 2.45) is 0 Å². The van der Waals surface area contributed by atoms with Gasteiger partial charge in [0.25, 0.3) is 0 Å². The van der Waals surface area contributed by atoms with Crippen LogP contribution in [0.5, 0.6) is 0 Å². The summed E-state index contributed by atoms with van der Waals surface area (Å²) in [5.41, 5.74) is -0.490. The van der Waals surface area contributed by atoms with Crippen LogP contribution >= 0.6 is 11.8 Å². The number of rotatable bonds is 5. The summed E-state index contributed by atoms with van der Waals surface area (Å²) in [7, 11) is 0. The van der Waals surface area contributed by atoms with Crippen LogP contribution in [0.4, 0.5) is 15.0 Å². The number of nitrogens with zero attached hydrogens (tertiary/aromatic N) is 2. The van der Waals surface area contributed by atoms with E-state index in [0.29, 0.717) is 5.75 Å². The van der Waals surface area contributed by atoms with Gasteiger partial charge in [-0.3, -0.25) is 9.88 Å². The zero-order chi connectivity index (χ0) is 18.5. The van der Waals surface area contributed by atoms with Crippen LogP contribution in [-0.2, 0) is 16.1 Å². The number of nitrogens with one attached hydrogen (secondary N) is 1. The molecule has 0 saturated carbocycles. The van der Waals surface area contributed by atoms with Gasteiger partial charge >= 0.3 is 11.8 Å². The number of halogens is 1. The summed E-state index contributed by atoms with van der Waals surface area (Å²) < 4.78 is 25.5. The fourth-order valence-electron chi connectivity index (χ4n) is 2.28. The second-order valence-corrected chi connectivity index (χ2v) is 6.54. The van der Waals surface area contributed by atoms with Gasteiger partial charge in [-0.05, 0) is 5.56 Å². The molecule has 0 aliphatic carbocycles. The summed E-state index contributed by atoms with van der Waals surface area (Å²) in [6.07, 6.45) is -0.746. The van der Waals surface area contributed by atoms with E-state index in [0.717, 1.165) is 16.3 Å². The molecule has 26 heavy (non-hydrogen) atoms. The second-order valence-electron chi connectivity index (χ2n) is 5.35. The van der Waals surface area contributed by atoms with Crippen LogP contribution in [0.2, 0.25) is 0 Å². The summed E-state index contributed by atoms with van der Waals surface area (Å²) in [5, 5.41) is 11.2. The summed E-state index contributed by atoms with van der Waals surface area (Å²) in [4.78, 5) is 27.4. The van der Waals surface area contributed by atoms with Gasteiger partial charge in [0.15, 0.2) is 11.6 Å². The van der Waals surface area contributed by atoms with Crippen LogP contribution in [0.3, 0.4) is 0 Å². The molecule has 2 atom stereocenters. The first-order valence-corrected chi connectivity index (χ1v) is 8.76. The lowest BCUT2D eigenvalue weighted by Gasteiger charge is -2.14. The molecule has 10 heteroatoms. The molecule has 1 aromatic carbocycles. The minimum atomic E-state index is -0.926. The molecule has 1 amide bonds. The number of carbonyl (C=O) groups excluding carboxylic acids is 1. The lowest BCUT2D eigenvalue weighted by atomic mass is 10.2. The highest BCUT2D eigenvalue weighted by Crippen LogP contribution is 2.30. The van der Waals surface area contributed by atoms with Gasteiger partial charge in [0.2, 0.25) is 0 Å². The monoisotopic (exact) mass is 381 g/mol. The fraction of sp³-hybridized carbons (Fsp3) is 0.312. The van der Waals surface area contributed by atoms with Crippen molar-refractivity contribution in [1.82, 2.24) is 9.55 Å². The predicted octanol–water partition coefficient (Wildman–Crippen LogP) is 1.71. The summed E-state index contributed by atoms with van der Waals surface area (Å²) in [5.74, 6) is -1.05. The third-order valence-electron chi connectivity index (χ3n) is 3.53. The first-order valence-electron chi connectivity index (χ1n) is 7.71. The van der Waals surface area contributed by atoms with E-state index in [4.69, 9.17) is 14.6 Å². The molecule has 138 valence electrons. The maximum atomic E-state index is 14.2. The Balaban J connectivity index is 1.64. The van der Waals surface area contributed by atoms with Crippen LogP contribution in [-0.4, -0.2) is 38.5 Å². The van der Waals surface area contributed by atoms with Crippen LogP contribution in [0.15, 0.2) is 41.3 Å². The van der Waals surface area contributed by atoms with Crippen molar-refractivity contribution in [1.29, 1.82) is 0 Å². The quantitative estimate of drug-likeness (QED) is 0.813. The number of hydrogen-bond donors (Lipinski definition) is 2. The maximum Gasteiger partial charge on any atom is 0.413 e. The Morgan fingerprint density at radius 3 is 2.92 bits per heavy atom. The number of anilines is 1. The molecule has 1 fully saturated rings. The molecule has 1 saturated heterocycles. The molecule has 0 radical (unpaired) electrons. The van der Waals surface area contributed by atoms with Crippen molar-refractivity contribution in [2.45, 2.75) is 18.3 Å². The molecule has 2 N–H and O–H groups in total. The number of hydrogen-bond acceptors (Lipinski definition) is 7. The van der Waals surface area contributed by atoms with Crippen molar-refractivity contribution >= 4 is 23.7 Å². The van der Waals surface area contributed by atoms with E-state index in [1.54, 1.807) is 24.3 Å². The zero-order valence-corrected chi connectivity index (χ0v) is 14.3. The van der Waals surface area contributed by atoms with Crippen molar-refractivity contribution in [3.05, 3.63) is 58.4 Å². The van der Waals surface area contributed by atoms with E-state index >= 15 is 0 Å². The molecule has 0 bridgehead atoms. The minimum absolute atomic E-state index is 0.00104. The van der Waals surface area contributed by atoms with Crippen molar-refractivity contribution in [3.8, 4) is 0 Å². The SMILES string of the molecule is O=C(Nc1nc(=O)n([C@@H]2CS[C@H](CO)O2)cc1F)OCc1ccccc1. The average molecular weight is 381 g/mol. The zero-order valence-electron chi connectivity index (χ0n) is 13.5. The third kappa shape index (κ3) is 4.40.